The lowest BCUT2D eigenvalue weighted by Gasteiger charge is -2.11. The van der Waals surface area contributed by atoms with Gasteiger partial charge in [-0.05, 0) is 31.0 Å². The van der Waals surface area contributed by atoms with Gasteiger partial charge in [0, 0.05) is 37.3 Å². The maximum Gasteiger partial charge on any atom is 0.0628 e. The highest BCUT2D eigenvalue weighted by Gasteiger charge is 2.42. The molecule has 0 saturated heterocycles. The number of hydrogen-bond acceptors (Lipinski definition) is 2. The van der Waals surface area contributed by atoms with Crippen LogP contribution in [0.1, 0.15) is 31.7 Å². The molecule has 0 bridgehead atoms. The van der Waals surface area contributed by atoms with E-state index >= 15 is 0 Å². The lowest BCUT2D eigenvalue weighted by molar-refractivity contribution is 0.432. The summed E-state index contributed by atoms with van der Waals surface area (Å²) in [7, 11) is 0. The van der Waals surface area contributed by atoms with Crippen LogP contribution in [0.3, 0.4) is 0 Å². The molecular weight excluding hydrogens is 198 g/mol. The Labute approximate surface area is 97.1 Å². The fourth-order valence-electron chi connectivity index (χ4n) is 2.09. The van der Waals surface area contributed by atoms with Crippen molar-refractivity contribution in [2.75, 3.05) is 6.54 Å². The Morgan fingerprint density at radius 2 is 2.38 bits per heavy atom. The topological polar surface area (TPSA) is 40.8 Å². The zero-order valence-electron chi connectivity index (χ0n) is 9.87. The Morgan fingerprint density at radius 3 is 3.00 bits per heavy atom. The maximum absolute atomic E-state index is 8.77. The Hall–Kier alpha value is -1.27. The van der Waals surface area contributed by atoms with Crippen LogP contribution >= 0.6 is 0 Å². The third kappa shape index (κ3) is 2.65. The molecule has 0 atom stereocenters. The van der Waals surface area contributed by atoms with E-state index in [0.717, 1.165) is 19.6 Å². The van der Waals surface area contributed by atoms with Gasteiger partial charge < -0.3 is 9.88 Å². The molecule has 1 aromatic heterocycles. The van der Waals surface area contributed by atoms with Gasteiger partial charge in [-0.15, -0.1) is 0 Å². The minimum Gasteiger partial charge on any atom is -0.353 e. The first kappa shape index (κ1) is 11.2. The van der Waals surface area contributed by atoms with Gasteiger partial charge in [-0.1, -0.05) is 6.92 Å². The molecule has 1 aliphatic rings. The molecule has 0 spiro atoms. The van der Waals surface area contributed by atoms with E-state index in [1.165, 1.54) is 18.4 Å². The van der Waals surface area contributed by atoms with Crippen LogP contribution in [0.4, 0.5) is 0 Å². The molecule has 0 aromatic carbocycles. The lowest BCUT2D eigenvalue weighted by Crippen LogP contribution is -2.12. The van der Waals surface area contributed by atoms with Gasteiger partial charge in [0.2, 0.25) is 0 Å². The lowest BCUT2D eigenvalue weighted by atomic mass is 10.0. The van der Waals surface area contributed by atoms with Crippen molar-refractivity contribution in [1.82, 2.24) is 9.88 Å². The molecule has 86 valence electrons. The van der Waals surface area contributed by atoms with Gasteiger partial charge in [-0.2, -0.15) is 5.26 Å². The Bertz CT molecular complexity index is 382. The van der Waals surface area contributed by atoms with E-state index in [2.05, 4.69) is 41.3 Å². The van der Waals surface area contributed by atoms with Gasteiger partial charge in [0.05, 0.1) is 6.07 Å². The summed E-state index contributed by atoms with van der Waals surface area (Å²) in [6.45, 7) is 5.06. The molecule has 1 N–H and O–H groups in total. The van der Waals surface area contributed by atoms with Crippen LogP contribution in [0.15, 0.2) is 18.5 Å². The third-order valence-corrected chi connectivity index (χ3v) is 3.32. The van der Waals surface area contributed by atoms with Gasteiger partial charge in [0.25, 0.3) is 0 Å². The Morgan fingerprint density at radius 1 is 1.56 bits per heavy atom. The van der Waals surface area contributed by atoms with E-state index in [4.69, 9.17) is 5.26 Å². The molecule has 0 radical (unpaired) electrons. The summed E-state index contributed by atoms with van der Waals surface area (Å²) in [4.78, 5) is 0. The SMILES string of the molecule is CCNCc1ccn(CC2(CC#N)CC2)c1. The summed E-state index contributed by atoms with van der Waals surface area (Å²) in [5, 5.41) is 12.1. The number of nitrogens with one attached hydrogen (secondary N) is 1. The molecule has 1 heterocycles. The van der Waals surface area contributed by atoms with E-state index in [0.29, 0.717) is 11.8 Å². The number of nitrogens with zero attached hydrogens (tertiary/aromatic N) is 2. The molecule has 2 rings (SSSR count). The summed E-state index contributed by atoms with van der Waals surface area (Å²) in [6.07, 6.45) is 7.44. The Balaban J connectivity index is 1.90. The summed E-state index contributed by atoms with van der Waals surface area (Å²) in [6, 6.07) is 4.46. The highest BCUT2D eigenvalue weighted by molar-refractivity contribution is 5.11. The van der Waals surface area contributed by atoms with E-state index < -0.39 is 0 Å². The van der Waals surface area contributed by atoms with Crippen molar-refractivity contribution < 1.29 is 0 Å². The zero-order valence-corrected chi connectivity index (χ0v) is 9.87. The number of nitriles is 1. The predicted molar refractivity (Wildman–Crippen MR) is 63.7 cm³/mol. The molecule has 0 aliphatic heterocycles. The smallest absolute Gasteiger partial charge is 0.0628 e. The normalized spacial score (nSPS) is 17.0. The third-order valence-electron chi connectivity index (χ3n) is 3.32. The molecule has 1 fully saturated rings. The van der Waals surface area contributed by atoms with Crippen molar-refractivity contribution in [2.45, 2.75) is 39.3 Å². The van der Waals surface area contributed by atoms with E-state index in [-0.39, 0.29) is 0 Å². The highest BCUT2D eigenvalue weighted by Crippen LogP contribution is 2.49. The van der Waals surface area contributed by atoms with Gasteiger partial charge in [-0.25, -0.2) is 0 Å². The second-order valence-electron chi connectivity index (χ2n) is 4.81. The standard InChI is InChI=1S/C13H19N3/c1-2-15-9-12-3-8-16(10-12)11-13(4-5-13)6-7-14/h3,8,10,15H,2,4-6,9,11H2,1H3. The van der Waals surface area contributed by atoms with Crippen LogP contribution in [0.5, 0.6) is 0 Å². The summed E-state index contributed by atoms with van der Waals surface area (Å²) in [5.41, 5.74) is 1.62. The molecule has 16 heavy (non-hydrogen) atoms. The second-order valence-corrected chi connectivity index (χ2v) is 4.81. The average Bonchev–Trinajstić information content (AvgIpc) is 2.88. The van der Waals surface area contributed by atoms with Crippen molar-refractivity contribution in [3.05, 3.63) is 24.0 Å². The number of aromatic nitrogens is 1. The van der Waals surface area contributed by atoms with Crippen molar-refractivity contribution in [3.8, 4) is 6.07 Å². The predicted octanol–water partition coefficient (Wildman–Crippen LogP) is 2.29. The first-order chi connectivity index (χ1) is 7.78. The Kier molecular flexibility index (Phi) is 3.31. The van der Waals surface area contributed by atoms with E-state index in [9.17, 15) is 0 Å². The van der Waals surface area contributed by atoms with Crippen molar-refractivity contribution in [2.24, 2.45) is 5.41 Å². The summed E-state index contributed by atoms with van der Waals surface area (Å²) >= 11 is 0. The van der Waals surface area contributed by atoms with Crippen LogP contribution < -0.4 is 5.32 Å². The van der Waals surface area contributed by atoms with Crippen LogP contribution in [0.2, 0.25) is 0 Å². The van der Waals surface area contributed by atoms with Crippen LogP contribution in [-0.4, -0.2) is 11.1 Å². The fourth-order valence-corrected chi connectivity index (χ4v) is 2.09. The molecule has 3 nitrogen and oxygen atoms in total. The minimum absolute atomic E-state index is 0.295. The molecule has 0 amide bonds. The van der Waals surface area contributed by atoms with Crippen molar-refractivity contribution in [3.63, 3.8) is 0 Å². The van der Waals surface area contributed by atoms with E-state index in [1.807, 2.05) is 0 Å². The minimum atomic E-state index is 0.295. The molecule has 1 aliphatic carbocycles. The second kappa shape index (κ2) is 4.71. The highest BCUT2D eigenvalue weighted by atomic mass is 15.0. The van der Waals surface area contributed by atoms with Gasteiger partial charge >= 0.3 is 0 Å². The van der Waals surface area contributed by atoms with Gasteiger partial charge in [0.15, 0.2) is 0 Å². The first-order valence-corrected chi connectivity index (χ1v) is 6.00. The molecule has 3 heteroatoms. The van der Waals surface area contributed by atoms with Crippen LogP contribution in [0.25, 0.3) is 0 Å². The summed E-state index contributed by atoms with van der Waals surface area (Å²) < 4.78 is 2.23. The molecular formula is C13H19N3. The molecule has 1 aromatic rings. The monoisotopic (exact) mass is 217 g/mol. The maximum atomic E-state index is 8.77. The molecule has 0 unspecified atom stereocenters. The van der Waals surface area contributed by atoms with Gasteiger partial charge in [0.1, 0.15) is 0 Å². The number of rotatable bonds is 6. The quantitative estimate of drug-likeness (QED) is 0.794. The zero-order chi connectivity index (χ0) is 11.4. The first-order valence-electron chi connectivity index (χ1n) is 6.00. The van der Waals surface area contributed by atoms with E-state index in [1.54, 1.807) is 0 Å². The van der Waals surface area contributed by atoms with Gasteiger partial charge in [-0.3, -0.25) is 0 Å². The summed E-state index contributed by atoms with van der Waals surface area (Å²) in [5.74, 6) is 0. The molecule has 1 saturated carbocycles. The fraction of sp³-hybridized carbons (Fsp3) is 0.615. The average molecular weight is 217 g/mol. The van der Waals surface area contributed by atoms with Crippen LogP contribution in [0, 0.1) is 16.7 Å². The largest absolute Gasteiger partial charge is 0.353 e. The van der Waals surface area contributed by atoms with Crippen molar-refractivity contribution >= 4 is 0 Å². The van der Waals surface area contributed by atoms with Crippen molar-refractivity contribution in [1.29, 1.82) is 5.26 Å². The number of hydrogen-bond donors (Lipinski definition) is 1. The van der Waals surface area contributed by atoms with Crippen LogP contribution in [-0.2, 0) is 13.1 Å².